The van der Waals surface area contributed by atoms with Crippen LogP contribution in [0.4, 0.5) is 5.69 Å². The maximum atomic E-state index is 8.67. The molecule has 1 unspecified atom stereocenters. The largest absolute Gasteiger partial charge is 0.381 e. The zero-order chi connectivity index (χ0) is 11.3. The van der Waals surface area contributed by atoms with Gasteiger partial charge in [-0.1, -0.05) is 28.9 Å². The van der Waals surface area contributed by atoms with E-state index in [1.807, 2.05) is 6.07 Å². The van der Waals surface area contributed by atoms with E-state index in [9.17, 15) is 0 Å². The predicted molar refractivity (Wildman–Crippen MR) is 66.8 cm³/mol. The number of nitrogens with zero attached hydrogens (tertiary/aromatic N) is 1. The van der Waals surface area contributed by atoms with Gasteiger partial charge in [0.05, 0.1) is 12.5 Å². The molecule has 2 nitrogen and oxygen atoms in total. The van der Waals surface area contributed by atoms with Gasteiger partial charge in [-0.3, -0.25) is 0 Å². The Morgan fingerprint density at radius 3 is 2.87 bits per heavy atom. The summed E-state index contributed by atoms with van der Waals surface area (Å²) >= 11 is 3.44. The molecule has 0 aromatic heterocycles. The summed E-state index contributed by atoms with van der Waals surface area (Å²) in [7, 11) is 0. The zero-order valence-electron chi connectivity index (χ0n) is 9.05. The summed E-state index contributed by atoms with van der Waals surface area (Å²) in [5.74, 6) is 0. The van der Waals surface area contributed by atoms with Crippen LogP contribution in [-0.4, -0.2) is 6.04 Å². The number of hydrogen-bond donors (Lipinski definition) is 1. The SMILES string of the molecule is CCC(CC#N)Nc1cc(Br)ccc1C. The molecule has 1 aromatic rings. The van der Waals surface area contributed by atoms with E-state index in [2.05, 4.69) is 53.3 Å². The molecule has 0 aliphatic carbocycles. The number of anilines is 1. The van der Waals surface area contributed by atoms with Crippen LogP contribution >= 0.6 is 15.9 Å². The molecule has 1 atom stereocenters. The van der Waals surface area contributed by atoms with Crippen LogP contribution in [-0.2, 0) is 0 Å². The minimum atomic E-state index is 0.239. The summed E-state index contributed by atoms with van der Waals surface area (Å²) in [5.41, 5.74) is 2.31. The van der Waals surface area contributed by atoms with Gasteiger partial charge in [-0.15, -0.1) is 0 Å². The highest BCUT2D eigenvalue weighted by atomic mass is 79.9. The zero-order valence-corrected chi connectivity index (χ0v) is 10.6. The molecule has 0 amide bonds. The highest BCUT2D eigenvalue weighted by Crippen LogP contribution is 2.22. The van der Waals surface area contributed by atoms with Crippen LogP contribution < -0.4 is 5.32 Å². The van der Waals surface area contributed by atoms with Gasteiger partial charge in [-0.05, 0) is 31.0 Å². The van der Waals surface area contributed by atoms with E-state index in [1.165, 1.54) is 5.56 Å². The molecule has 80 valence electrons. The molecule has 0 aliphatic heterocycles. The van der Waals surface area contributed by atoms with Crippen LogP contribution in [0.5, 0.6) is 0 Å². The fraction of sp³-hybridized carbons (Fsp3) is 0.417. The Morgan fingerprint density at radius 1 is 1.53 bits per heavy atom. The number of hydrogen-bond acceptors (Lipinski definition) is 2. The van der Waals surface area contributed by atoms with Crippen molar-refractivity contribution in [3.05, 3.63) is 28.2 Å². The summed E-state index contributed by atoms with van der Waals surface area (Å²) in [4.78, 5) is 0. The van der Waals surface area contributed by atoms with E-state index in [0.29, 0.717) is 6.42 Å². The van der Waals surface area contributed by atoms with Crippen molar-refractivity contribution >= 4 is 21.6 Å². The minimum absolute atomic E-state index is 0.239. The van der Waals surface area contributed by atoms with Crippen molar-refractivity contribution < 1.29 is 0 Å². The lowest BCUT2D eigenvalue weighted by Crippen LogP contribution is -2.18. The molecule has 1 rings (SSSR count). The number of halogens is 1. The van der Waals surface area contributed by atoms with Gasteiger partial charge in [0.1, 0.15) is 0 Å². The van der Waals surface area contributed by atoms with Gasteiger partial charge in [0.2, 0.25) is 0 Å². The maximum absolute atomic E-state index is 8.67. The summed E-state index contributed by atoms with van der Waals surface area (Å²) in [6, 6.07) is 8.57. The van der Waals surface area contributed by atoms with Gasteiger partial charge in [0.15, 0.2) is 0 Å². The van der Waals surface area contributed by atoms with E-state index >= 15 is 0 Å². The Hall–Kier alpha value is -1.01. The summed E-state index contributed by atoms with van der Waals surface area (Å²) < 4.78 is 1.06. The highest BCUT2D eigenvalue weighted by molar-refractivity contribution is 9.10. The molecule has 3 heteroatoms. The van der Waals surface area contributed by atoms with E-state index in [4.69, 9.17) is 5.26 Å². The van der Waals surface area contributed by atoms with E-state index in [0.717, 1.165) is 16.6 Å². The number of benzene rings is 1. The van der Waals surface area contributed by atoms with Gasteiger partial charge in [0.25, 0.3) is 0 Å². The molecule has 0 spiro atoms. The Bertz CT molecular complexity index is 368. The summed E-state index contributed by atoms with van der Waals surface area (Å²) in [6.07, 6.45) is 1.50. The third-order valence-electron chi connectivity index (χ3n) is 2.39. The molecule has 0 heterocycles. The van der Waals surface area contributed by atoms with E-state index in [-0.39, 0.29) is 6.04 Å². The predicted octanol–water partition coefficient (Wildman–Crippen LogP) is 3.86. The second kappa shape index (κ2) is 5.77. The molecule has 0 bridgehead atoms. The van der Waals surface area contributed by atoms with Crippen molar-refractivity contribution in [2.75, 3.05) is 5.32 Å². The fourth-order valence-corrected chi connectivity index (χ4v) is 1.74. The first kappa shape index (κ1) is 12.1. The third kappa shape index (κ3) is 3.56. The molecule has 15 heavy (non-hydrogen) atoms. The molecule has 1 N–H and O–H groups in total. The number of nitrogens with one attached hydrogen (secondary N) is 1. The van der Waals surface area contributed by atoms with Crippen molar-refractivity contribution in [2.45, 2.75) is 32.7 Å². The smallest absolute Gasteiger partial charge is 0.0643 e. The number of aryl methyl sites for hydroxylation is 1. The lowest BCUT2D eigenvalue weighted by atomic mass is 10.1. The van der Waals surface area contributed by atoms with E-state index < -0.39 is 0 Å². The van der Waals surface area contributed by atoms with Gasteiger partial charge < -0.3 is 5.32 Å². The Labute approximate surface area is 99.4 Å². The second-order valence-corrected chi connectivity index (χ2v) is 4.49. The maximum Gasteiger partial charge on any atom is 0.0643 e. The third-order valence-corrected chi connectivity index (χ3v) is 2.88. The molecule has 0 saturated heterocycles. The Kier molecular flexibility index (Phi) is 4.64. The lowest BCUT2D eigenvalue weighted by molar-refractivity contribution is 0.710. The number of nitriles is 1. The molecule has 0 radical (unpaired) electrons. The fourth-order valence-electron chi connectivity index (χ4n) is 1.38. The highest BCUT2D eigenvalue weighted by Gasteiger charge is 2.07. The minimum Gasteiger partial charge on any atom is -0.381 e. The van der Waals surface area contributed by atoms with E-state index in [1.54, 1.807) is 0 Å². The first-order chi connectivity index (χ1) is 7.17. The van der Waals surface area contributed by atoms with Crippen LogP contribution in [0.1, 0.15) is 25.3 Å². The molecule has 0 saturated carbocycles. The van der Waals surface area contributed by atoms with Crippen molar-refractivity contribution in [3.63, 3.8) is 0 Å². The monoisotopic (exact) mass is 266 g/mol. The van der Waals surface area contributed by atoms with Gasteiger partial charge in [0, 0.05) is 16.2 Å². The van der Waals surface area contributed by atoms with Crippen molar-refractivity contribution in [3.8, 4) is 6.07 Å². The lowest BCUT2D eigenvalue weighted by Gasteiger charge is -2.17. The normalized spacial score (nSPS) is 11.9. The van der Waals surface area contributed by atoms with Crippen LogP contribution in [0.2, 0.25) is 0 Å². The van der Waals surface area contributed by atoms with Crippen LogP contribution in [0, 0.1) is 18.3 Å². The quantitative estimate of drug-likeness (QED) is 0.899. The molecule has 0 fully saturated rings. The van der Waals surface area contributed by atoms with Crippen LogP contribution in [0.25, 0.3) is 0 Å². The summed E-state index contributed by atoms with van der Waals surface area (Å²) in [5, 5.41) is 12.1. The van der Waals surface area contributed by atoms with Crippen LogP contribution in [0.3, 0.4) is 0 Å². The van der Waals surface area contributed by atoms with Gasteiger partial charge >= 0.3 is 0 Å². The molecular formula is C12H15BrN2. The average Bonchev–Trinajstić information content (AvgIpc) is 2.22. The second-order valence-electron chi connectivity index (χ2n) is 3.57. The van der Waals surface area contributed by atoms with Crippen LogP contribution in [0.15, 0.2) is 22.7 Å². The average molecular weight is 267 g/mol. The van der Waals surface area contributed by atoms with Crippen molar-refractivity contribution in [1.82, 2.24) is 0 Å². The first-order valence-corrected chi connectivity index (χ1v) is 5.86. The first-order valence-electron chi connectivity index (χ1n) is 5.07. The van der Waals surface area contributed by atoms with Gasteiger partial charge in [-0.25, -0.2) is 0 Å². The summed E-state index contributed by atoms with van der Waals surface area (Å²) in [6.45, 7) is 4.15. The van der Waals surface area contributed by atoms with Crippen molar-refractivity contribution in [2.24, 2.45) is 0 Å². The number of rotatable bonds is 4. The molecular weight excluding hydrogens is 252 g/mol. The molecule has 0 aliphatic rings. The topological polar surface area (TPSA) is 35.8 Å². The molecule has 1 aromatic carbocycles. The van der Waals surface area contributed by atoms with Crippen molar-refractivity contribution in [1.29, 1.82) is 5.26 Å². The standard InChI is InChI=1S/C12H15BrN2/c1-3-11(6-7-14)15-12-8-10(13)5-4-9(12)2/h4-5,8,11,15H,3,6H2,1-2H3. The van der Waals surface area contributed by atoms with Gasteiger partial charge in [-0.2, -0.15) is 5.26 Å². The Morgan fingerprint density at radius 2 is 2.27 bits per heavy atom. The Balaban J connectivity index is 2.78.